The van der Waals surface area contributed by atoms with Crippen molar-refractivity contribution < 1.29 is 9.53 Å². The van der Waals surface area contributed by atoms with Crippen molar-refractivity contribution in [2.45, 2.75) is 25.9 Å². The Balaban J connectivity index is 1.57. The third kappa shape index (κ3) is 4.08. The number of amides is 2. The number of nitrogens with one attached hydrogen (secondary N) is 1. The van der Waals surface area contributed by atoms with Crippen LogP contribution in [-0.4, -0.2) is 40.6 Å². The summed E-state index contributed by atoms with van der Waals surface area (Å²) in [6.07, 6.45) is 4.88. The number of hydrogen-bond acceptors (Lipinski definition) is 4. The summed E-state index contributed by atoms with van der Waals surface area (Å²) in [4.78, 5) is 22.6. The first-order valence-electron chi connectivity index (χ1n) is 8.29. The number of benzene rings is 1. The zero-order chi connectivity index (χ0) is 16.8. The molecular formula is C18H22N4O2. The molecule has 1 N–H and O–H groups in total. The van der Waals surface area contributed by atoms with Gasteiger partial charge >= 0.3 is 6.03 Å². The summed E-state index contributed by atoms with van der Waals surface area (Å²) >= 11 is 0. The number of anilines is 1. The third-order valence-corrected chi connectivity index (χ3v) is 4.07. The lowest BCUT2D eigenvalue weighted by Gasteiger charge is -2.20. The fourth-order valence-corrected chi connectivity index (χ4v) is 2.71. The zero-order valence-corrected chi connectivity index (χ0v) is 13.8. The molecule has 24 heavy (non-hydrogen) atoms. The molecule has 3 rings (SSSR count). The number of aryl methyl sites for hydroxylation is 1. The highest BCUT2D eigenvalue weighted by molar-refractivity contribution is 5.88. The van der Waals surface area contributed by atoms with Gasteiger partial charge in [0.15, 0.2) is 0 Å². The second-order valence-corrected chi connectivity index (χ2v) is 5.72. The second kappa shape index (κ2) is 7.88. The van der Waals surface area contributed by atoms with Crippen molar-refractivity contribution in [3.05, 3.63) is 54.1 Å². The van der Waals surface area contributed by atoms with Gasteiger partial charge in [0.25, 0.3) is 0 Å². The normalized spacial score (nSPS) is 18.0. The number of carbonyl (C=O) groups is 1. The van der Waals surface area contributed by atoms with Gasteiger partial charge in [-0.15, -0.1) is 0 Å². The lowest BCUT2D eigenvalue weighted by Crippen LogP contribution is -2.36. The highest BCUT2D eigenvalue weighted by atomic mass is 16.5. The van der Waals surface area contributed by atoms with Gasteiger partial charge in [-0.05, 0) is 12.0 Å². The Labute approximate surface area is 141 Å². The van der Waals surface area contributed by atoms with Crippen LogP contribution in [0.15, 0.2) is 42.7 Å². The molecule has 0 spiro atoms. The van der Waals surface area contributed by atoms with E-state index in [2.05, 4.69) is 27.4 Å². The van der Waals surface area contributed by atoms with E-state index in [0.717, 1.165) is 24.2 Å². The summed E-state index contributed by atoms with van der Waals surface area (Å²) in [6, 6.07) is 9.99. The molecule has 126 valence electrons. The van der Waals surface area contributed by atoms with Gasteiger partial charge in [0.2, 0.25) is 0 Å². The second-order valence-electron chi connectivity index (χ2n) is 5.72. The average Bonchev–Trinajstić information content (AvgIpc) is 2.89. The van der Waals surface area contributed by atoms with Gasteiger partial charge in [0.1, 0.15) is 5.82 Å². The van der Waals surface area contributed by atoms with Crippen molar-refractivity contribution in [3.8, 4) is 0 Å². The summed E-state index contributed by atoms with van der Waals surface area (Å²) in [7, 11) is 0. The van der Waals surface area contributed by atoms with E-state index >= 15 is 0 Å². The number of ether oxygens (including phenoxy) is 1. The molecule has 2 amide bonds. The average molecular weight is 326 g/mol. The van der Waals surface area contributed by atoms with Crippen LogP contribution in [0.3, 0.4) is 0 Å². The quantitative estimate of drug-likeness (QED) is 0.941. The molecule has 1 fully saturated rings. The van der Waals surface area contributed by atoms with Crippen LogP contribution in [0.5, 0.6) is 0 Å². The Hall–Kier alpha value is -2.47. The largest absolute Gasteiger partial charge is 0.372 e. The van der Waals surface area contributed by atoms with E-state index in [9.17, 15) is 4.79 Å². The molecule has 0 bridgehead atoms. The van der Waals surface area contributed by atoms with Crippen molar-refractivity contribution >= 4 is 11.7 Å². The summed E-state index contributed by atoms with van der Waals surface area (Å²) < 4.78 is 5.90. The predicted molar refractivity (Wildman–Crippen MR) is 91.8 cm³/mol. The standard InChI is InChI=1S/C18H22N4O2/c1-2-17-19-12-15(13-20-17)21-18(23)22-9-8-16(24-11-10-22)14-6-4-3-5-7-14/h3-7,12-13,16H,2,8-11H2,1H3,(H,21,23). The smallest absolute Gasteiger partial charge is 0.322 e. The van der Waals surface area contributed by atoms with Crippen LogP contribution in [0.1, 0.15) is 30.8 Å². The molecule has 0 radical (unpaired) electrons. The highest BCUT2D eigenvalue weighted by Gasteiger charge is 2.22. The molecule has 0 aliphatic carbocycles. The minimum atomic E-state index is -0.139. The fourth-order valence-electron chi connectivity index (χ4n) is 2.71. The lowest BCUT2D eigenvalue weighted by molar-refractivity contribution is 0.0627. The molecule has 6 heteroatoms. The Bertz CT molecular complexity index is 660. The first kappa shape index (κ1) is 16.4. The minimum Gasteiger partial charge on any atom is -0.372 e. The van der Waals surface area contributed by atoms with Crippen LogP contribution >= 0.6 is 0 Å². The van der Waals surface area contributed by atoms with Crippen LogP contribution < -0.4 is 5.32 Å². The summed E-state index contributed by atoms with van der Waals surface area (Å²) in [5.41, 5.74) is 1.77. The van der Waals surface area contributed by atoms with Crippen LogP contribution in [0.25, 0.3) is 0 Å². The van der Waals surface area contributed by atoms with Crippen molar-refractivity contribution in [1.29, 1.82) is 0 Å². The minimum absolute atomic E-state index is 0.0381. The maximum atomic E-state index is 12.4. The number of rotatable bonds is 3. The Kier molecular flexibility index (Phi) is 5.38. The van der Waals surface area contributed by atoms with E-state index in [1.54, 1.807) is 17.3 Å². The Morgan fingerprint density at radius 1 is 1.25 bits per heavy atom. The van der Waals surface area contributed by atoms with Gasteiger partial charge in [-0.1, -0.05) is 37.3 Å². The molecule has 1 saturated heterocycles. The molecule has 1 unspecified atom stereocenters. The molecule has 1 atom stereocenters. The van der Waals surface area contributed by atoms with E-state index < -0.39 is 0 Å². The molecule has 2 aromatic rings. The highest BCUT2D eigenvalue weighted by Crippen LogP contribution is 2.23. The van der Waals surface area contributed by atoms with E-state index in [-0.39, 0.29) is 12.1 Å². The molecule has 1 aliphatic rings. The number of carbonyl (C=O) groups excluding carboxylic acids is 1. The van der Waals surface area contributed by atoms with Crippen LogP contribution in [-0.2, 0) is 11.2 Å². The first-order valence-corrected chi connectivity index (χ1v) is 8.29. The number of nitrogens with zero attached hydrogens (tertiary/aromatic N) is 3. The molecule has 1 aliphatic heterocycles. The molecule has 6 nitrogen and oxygen atoms in total. The number of hydrogen-bond donors (Lipinski definition) is 1. The van der Waals surface area contributed by atoms with Crippen molar-refractivity contribution in [2.24, 2.45) is 0 Å². The molecule has 2 heterocycles. The van der Waals surface area contributed by atoms with Gasteiger partial charge in [-0.2, -0.15) is 0 Å². The van der Waals surface area contributed by atoms with Gasteiger partial charge in [0, 0.05) is 19.5 Å². The SMILES string of the molecule is CCc1ncc(NC(=O)N2CCOC(c3ccccc3)CC2)cn1. The molecule has 0 saturated carbocycles. The summed E-state index contributed by atoms with van der Waals surface area (Å²) in [6.45, 7) is 3.74. The van der Waals surface area contributed by atoms with E-state index in [0.29, 0.717) is 25.4 Å². The van der Waals surface area contributed by atoms with Crippen molar-refractivity contribution in [3.63, 3.8) is 0 Å². The van der Waals surface area contributed by atoms with E-state index in [1.165, 1.54) is 0 Å². The lowest BCUT2D eigenvalue weighted by atomic mass is 10.1. The number of aromatic nitrogens is 2. The molecule has 1 aromatic carbocycles. The Morgan fingerprint density at radius 3 is 2.71 bits per heavy atom. The van der Waals surface area contributed by atoms with Crippen molar-refractivity contribution in [1.82, 2.24) is 14.9 Å². The third-order valence-electron chi connectivity index (χ3n) is 4.07. The summed E-state index contributed by atoms with van der Waals surface area (Å²) in [5, 5.41) is 2.85. The van der Waals surface area contributed by atoms with Crippen LogP contribution in [0, 0.1) is 0 Å². The molecule has 1 aromatic heterocycles. The predicted octanol–water partition coefficient (Wildman–Crippen LogP) is 3.03. The Morgan fingerprint density at radius 2 is 2.00 bits per heavy atom. The fraction of sp³-hybridized carbons (Fsp3) is 0.389. The van der Waals surface area contributed by atoms with Gasteiger partial charge in [-0.25, -0.2) is 14.8 Å². The van der Waals surface area contributed by atoms with Gasteiger partial charge in [0.05, 0.1) is 30.8 Å². The van der Waals surface area contributed by atoms with E-state index in [4.69, 9.17) is 4.74 Å². The summed E-state index contributed by atoms with van der Waals surface area (Å²) in [5.74, 6) is 0.766. The maximum absolute atomic E-state index is 12.4. The monoisotopic (exact) mass is 326 g/mol. The number of urea groups is 1. The van der Waals surface area contributed by atoms with Gasteiger partial charge < -0.3 is 15.0 Å². The van der Waals surface area contributed by atoms with Crippen LogP contribution in [0.2, 0.25) is 0 Å². The molecular weight excluding hydrogens is 304 g/mol. The zero-order valence-electron chi connectivity index (χ0n) is 13.8. The van der Waals surface area contributed by atoms with Gasteiger partial charge in [-0.3, -0.25) is 0 Å². The first-order chi connectivity index (χ1) is 11.8. The van der Waals surface area contributed by atoms with Crippen LogP contribution in [0.4, 0.5) is 10.5 Å². The van der Waals surface area contributed by atoms with Crippen molar-refractivity contribution in [2.75, 3.05) is 25.0 Å². The topological polar surface area (TPSA) is 67.4 Å². The maximum Gasteiger partial charge on any atom is 0.322 e. The van der Waals surface area contributed by atoms with E-state index in [1.807, 2.05) is 25.1 Å².